The lowest BCUT2D eigenvalue weighted by Gasteiger charge is -2.14. The molecule has 2 heteroatoms. The maximum absolute atomic E-state index is 5.83. The van der Waals surface area contributed by atoms with Crippen LogP contribution in [0.3, 0.4) is 0 Å². The monoisotopic (exact) mass is 178 g/mol. The van der Waals surface area contributed by atoms with E-state index in [0.29, 0.717) is 12.0 Å². The molecule has 1 nitrogen and oxygen atoms in total. The second-order valence-corrected chi connectivity index (χ2v) is 4.25. The van der Waals surface area contributed by atoms with Crippen molar-refractivity contribution < 1.29 is 4.74 Å². The van der Waals surface area contributed by atoms with Gasteiger partial charge in [0, 0.05) is 12.0 Å². The third-order valence-corrected chi connectivity index (χ3v) is 1.62. The third kappa shape index (κ3) is 8.15. The minimum absolute atomic E-state index is 0.265. The molecule has 0 N–H and O–H groups in total. The van der Waals surface area contributed by atoms with Crippen LogP contribution in [0, 0.1) is 5.92 Å². The van der Waals surface area contributed by atoms with E-state index in [4.69, 9.17) is 16.3 Å². The van der Waals surface area contributed by atoms with Crippen LogP contribution in [0.2, 0.25) is 0 Å². The highest BCUT2D eigenvalue weighted by atomic mass is 35.5. The maximum Gasteiger partial charge on any atom is 0.0519 e. The van der Waals surface area contributed by atoms with E-state index >= 15 is 0 Å². The molecule has 0 heterocycles. The highest BCUT2D eigenvalue weighted by Gasteiger charge is 2.06. The summed E-state index contributed by atoms with van der Waals surface area (Å²) >= 11 is 5.83. The zero-order valence-electron chi connectivity index (χ0n) is 7.93. The van der Waals surface area contributed by atoms with Gasteiger partial charge in [0.25, 0.3) is 0 Å². The highest BCUT2D eigenvalue weighted by molar-refractivity contribution is 6.20. The van der Waals surface area contributed by atoms with Gasteiger partial charge in [-0.1, -0.05) is 6.92 Å². The van der Waals surface area contributed by atoms with Gasteiger partial charge in [0.05, 0.1) is 6.10 Å². The summed E-state index contributed by atoms with van der Waals surface area (Å²) in [5.41, 5.74) is 0. The van der Waals surface area contributed by atoms with Crippen molar-refractivity contribution in [2.24, 2.45) is 5.92 Å². The number of ether oxygens (including phenoxy) is 1. The molecule has 0 radical (unpaired) electrons. The average Bonchev–Trinajstić information content (AvgIpc) is 1.82. The first-order valence-corrected chi connectivity index (χ1v) is 4.71. The number of hydrogen-bond donors (Lipinski definition) is 0. The fourth-order valence-corrected chi connectivity index (χ4v) is 1.28. The average molecular weight is 179 g/mol. The van der Waals surface area contributed by atoms with E-state index in [-0.39, 0.29) is 5.38 Å². The van der Waals surface area contributed by atoms with Crippen LogP contribution in [0.4, 0.5) is 0 Å². The lowest BCUT2D eigenvalue weighted by Crippen LogP contribution is -2.13. The summed E-state index contributed by atoms with van der Waals surface area (Å²) in [6.45, 7) is 9.12. The molecule has 0 spiro atoms. The Labute approximate surface area is 75.1 Å². The Balaban J connectivity index is 3.29. The summed E-state index contributed by atoms with van der Waals surface area (Å²) < 4.78 is 5.45. The largest absolute Gasteiger partial charge is 0.379 e. The second kappa shape index (κ2) is 5.84. The van der Waals surface area contributed by atoms with Crippen LogP contribution in [0.5, 0.6) is 0 Å². The van der Waals surface area contributed by atoms with Crippen molar-refractivity contribution >= 4 is 11.6 Å². The van der Waals surface area contributed by atoms with Crippen molar-refractivity contribution in [2.75, 3.05) is 6.61 Å². The predicted molar refractivity (Wildman–Crippen MR) is 50.2 cm³/mol. The quantitative estimate of drug-likeness (QED) is 0.588. The molecule has 0 saturated carbocycles. The van der Waals surface area contributed by atoms with Crippen LogP contribution in [-0.2, 0) is 4.74 Å². The first-order chi connectivity index (χ1) is 5.02. The molecule has 2 atom stereocenters. The van der Waals surface area contributed by atoms with Crippen molar-refractivity contribution in [3.05, 3.63) is 0 Å². The maximum atomic E-state index is 5.83. The molecule has 0 rings (SSSR count). The van der Waals surface area contributed by atoms with Gasteiger partial charge in [-0.15, -0.1) is 11.6 Å². The number of halogens is 1. The van der Waals surface area contributed by atoms with E-state index in [1.807, 2.05) is 6.92 Å². The molecule has 0 saturated heterocycles. The zero-order valence-corrected chi connectivity index (χ0v) is 8.69. The lowest BCUT2D eigenvalue weighted by atomic mass is 10.1. The number of rotatable bonds is 5. The van der Waals surface area contributed by atoms with Crippen molar-refractivity contribution in [1.82, 2.24) is 0 Å². The molecule has 0 aliphatic carbocycles. The highest BCUT2D eigenvalue weighted by Crippen LogP contribution is 2.11. The third-order valence-electron chi connectivity index (χ3n) is 1.44. The van der Waals surface area contributed by atoms with Crippen LogP contribution < -0.4 is 0 Å². The van der Waals surface area contributed by atoms with E-state index in [9.17, 15) is 0 Å². The summed E-state index contributed by atoms with van der Waals surface area (Å²) in [5, 5.41) is 0.265. The lowest BCUT2D eigenvalue weighted by molar-refractivity contribution is 0.0534. The van der Waals surface area contributed by atoms with Gasteiger partial charge >= 0.3 is 0 Å². The smallest absolute Gasteiger partial charge is 0.0519 e. The summed E-state index contributed by atoms with van der Waals surface area (Å²) in [7, 11) is 0. The van der Waals surface area contributed by atoms with E-state index in [0.717, 1.165) is 13.0 Å². The van der Waals surface area contributed by atoms with E-state index in [2.05, 4.69) is 20.8 Å². The molecule has 0 aromatic rings. The Morgan fingerprint density at radius 2 is 1.73 bits per heavy atom. The van der Waals surface area contributed by atoms with Gasteiger partial charge in [-0.2, -0.15) is 0 Å². The minimum atomic E-state index is 0.265. The summed E-state index contributed by atoms with van der Waals surface area (Å²) in [4.78, 5) is 0. The van der Waals surface area contributed by atoms with Gasteiger partial charge in [0.15, 0.2) is 0 Å². The fraction of sp³-hybridized carbons (Fsp3) is 1.00. The molecule has 0 aromatic carbocycles. The molecule has 0 amide bonds. The molecule has 0 aromatic heterocycles. The number of alkyl halides is 1. The summed E-state index contributed by atoms with van der Waals surface area (Å²) in [6.07, 6.45) is 1.37. The second-order valence-electron chi connectivity index (χ2n) is 3.50. The predicted octanol–water partition coefficient (Wildman–Crippen LogP) is 3.06. The van der Waals surface area contributed by atoms with Crippen molar-refractivity contribution in [2.45, 2.75) is 45.6 Å². The van der Waals surface area contributed by atoms with Crippen LogP contribution in [0.1, 0.15) is 34.1 Å². The van der Waals surface area contributed by atoms with E-state index in [1.54, 1.807) is 0 Å². The Kier molecular flexibility index (Phi) is 5.98. The van der Waals surface area contributed by atoms with Gasteiger partial charge in [0.1, 0.15) is 0 Å². The van der Waals surface area contributed by atoms with Crippen LogP contribution >= 0.6 is 11.6 Å². The molecular formula is C9H19ClO. The molecule has 2 unspecified atom stereocenters. The van der Waals surface area contributed by atoms with Crippen molar-refractivity contribution in [3.63, 3.8) is 0 Å². The van der Waals surface area contributed by atoms with Gasteiger partial charge in [-0.05, 0) is 33.1 Å². The standard InChI is InChI=1S/C9H19ClO/c1-7(2)11-6-8(3)5-9(4)10/h7-9H,5-6H2,1-4H3. The molecule has 11 heavy (non-hydrogen) atoms. The van der Waals surface area contributed by atoms with Crippen molar-refractivity contribution in [1.29, 1.82) is 0 Å². The van der Waals surface area contributed by atoms with Gasteiger partial charge in [0.2, 0.25) is 0 Å². The fourth-order valence-electron chi connectivity index (χ4n) is 0.979. The topological polar surface area (TPSA) is 9.23 Å². The Morgan fingerprint density at radius 3 is 2.09 bits per heavy atom. The van der Waals surface area contributed by atoms with E-state index < -0.39 is 0 Å². The summed E-state index contributed by atoms with van der Waals surface area (Å²) in [5.74, 6) is 0.574. The number of hydrogen-bond acceptors (Lipinski definition) is 1. The Morgan fingerprint density at radius 1 is 1.18 bits per heavy atom. The van der Waals surface area contributed by atoms with Crippen LogP contribution in [-0.4, -0.2) is 18.1 Å². The van der Waals surface area contributed by atoms with Gasteiger partial charge in [-0.25, -0.2) is 0 Å². The normalized spacial score (nSPS) is 16.9. The SMILES string of the molecule is CC(Cl)CC(C)COC(C)C. The first kappa shape index (κ1) is 11.2. The zero-order chi connectivity index (χ0) is 8.85. The molecular weight excluding hydrogens is 160 g/mol. The molecule has 0 aliphatic rings. The van der Waals surface area contributed by atoms with Gasteiger partial charge < -0.3 is 4.74 Å². The van der Waals surface area contributed by atoms with Crippen LogP contribution in [0.15, 0.2) is 0 Å². The molecule has 0 aliphatic heterocycles. The summed E-state index contributed by atoms with van der Waals surface area (Å²) in [6, 6.07) is 0. The molecule has 0 fully saturated rings. The van der Waals surface area contributed by atoms with Gasteiger partial charge in [-0.3, -0.25) is 0 Å². The van der Waals surface area contributed by atoms with E-state index in [1.165, 1.54) is 0 Å². The van der Waals surface area contributed by atoms with Crippen LogP contribution in [0.25, 0.3) is 0 Å². The Hall–Kier alpha value is 0.250. The first-order valence-electron chi connectivity index (χ1n) is 4.28. The molecule has 0 bridgehead atoms. The molecule has 68 valence electrons. The minimum Gasteiger partial charge on any atom is -0.379 e. The van der Waals surface area contributed by atoms with Crippen molar-refractivity contribution in [3.8, 4) is 0 Å². The Bertz CT molecular complexity index is 91.6.